The number of fused-ring (bicyclic) bond motifs is 1. The van der Waals surface area contributed by atoms with E-state index in [1.54, 1.807) is 0 Å². The highest BCUT2D eigenvalue weighted by atomic mass is 16.5. The van der Waals surface area contributed by atoms with Crippen molar-refractivity contribution in [3.63, 3.8) is 0 Å². The van der Waals surface area contributed by atoms with Crippen LogP contribution in [0.3, 0.4) is 0 Å². The summed E-state index contributed by atoms with van der Waals surface area (Å²) >= 11 is 0. The minimum atomic E-state index is 0.746. The Morgan fingerprint density at radius 2 is 2.17 bits per heavy atom. The van der Waals surface area contributed by atoms with Crippen molar-refractivity contribution in [2.75, 3.05) is 19.7 Å². The van der Waals surface area contributed by atoms with E-state index in [0.29, 0.717) is 0 Å². The van der Waals surface area contributed by atoms with Gasteiger partial charge in [-0.25, -0.2) is 0 Å². The van der Waals surface area contributed by atoms with Crippen LogP contribution in [0.5, 0.6) is 0 Å². The van der Waals surface area contributed by atoms with Crippen molar-refractivity contribution in [3.05, 3.63) is 11.8 Å². The lowest BCUT2D eigenvalue weighted by atomic mass is 10.2. The van der Waals surface area contributed by atoms with Crippen LogP contribution in [0.2, 0.25) is 0 Å². The topological polar surface area (TPSA) is 21.3 Å². The van der Waals surface area contributed by atoms with Gasteiger partial charge in [-0.05, 0) is 44.8 Å². The first-order chi connectivity index (χ1) is 5.88. The summed E-state index contributed by atoms with van der Waals surface area (Å²) in [4.78, 5) is 0. The molecule has 2 heteroatoms. The van der Waals surface area contributed by atoms with E-state index < -0.39 is 0 Å². The van der Waals surface area contributed by atoms with Crippen molar-refractivity contribution < 1.29 is 4.74 Å². The van der Waals surface area contributed by atoms with Crippen LogP contribution in [-0.4, -0.2) is 19.7 Å². The third-order valence-electron chi connectivity index (χ3n) is 3.02. The Kier molecular flexibility index (Phi) is 2.09. The lowest BCUT2D eigenvalue weighted by Crippen LogP contribution is -2.16. The minimum Gasteiger partial charge on any atom is -0.498 e. The van der Waals surface area contributed by atoms with Gasteiger partial charge in [-0.1, -0.05) is 0 Å². The van der Waals surface area contributed by atoms with Crippen LogP contribution < -0.4 is 5.32 Å². The van der Waals surface area contributed by atoms with E-state index in [9.17, 15) is 0 Å². The second-order valence-electron chi connectivity index (χ2n) is 3.64. The smallest absolute Gasteiger partial charge is 0.0954 e. The molecule has 0 radical (unpaired) electrons. The quantitative estimate of drug-likeness (QED) is 0.641. The van der Waals surface area contributed by atoms with Gasteiger partial charge in [-0.2, -0.15) is 0 Å². The molecule has 2 fully saturated rings. The zero-order valence-corrected chi connectivity index (χ0v) is 7.84. The molecule has 1 N–H and O–H groups in total. The maximum atomic E-state index is 5.58. The Morgan fingerprint density at radius 1 is 1.50 bits per heavy atom. The van der Waals surface area contributed by atoms with Crippen molar-refractivity contribution in [1.82, 2.24) is 5.32 Å². The van der Waals surface area contributed by atoms with E-state index in [4.69, 9.17) is 4.74 Å². The third kappa shape index (κ3) is 1.14. The molecule has 1 aliphatic carbocycles. The molecule has 2 rings (SSSR count). The molecule has 1 heterocycles. The summed E-state index contributed by atoms with van der Waals surface area (Å²) in [5, 5.41) is 3.39. The molecule has 1 saturated carbocycles. The van der Waals surface area contributed by atoms with Crippen LogP contribution in [0.4, 0.5) is 0 Å². The highest BCUT2D eigenvalue weighted by Crippen LogP contribution is 2.52. The monoisotopic (exact) mass is 167 g/mol. The summed E-state index contributed by atoms with van der Waals surface area (Å²) < 4.78 is 5.58. The summed E-state index contributed by atoms with van der Waals surface area (Å²) in [5.41, 5.74) is 0. The molecule has 0 bridgehead atoms. The Labute approximate surface area is 74.0 Å². The molecular formula is C10H17NO. The van der Waals surface area contributed by atoms with Crippen LogP contribution in [0.25, 0.3) is 0 Å². The zero-order chi connectivity index (χ0) is 8.55. The van der Waals surface area contributed by atoms with Gasteiger partial charge in [0.25, 0.3) is 0 Å². The van der Waals surface area contributed by atoms with Gasteiger partial charge >= 0.3 is 0 Å². The highest BCUT2D eigenvalue weighted by Gasteiger charge is 2.55. The molecule has 2 aliphatic rings. The molecule has 0 aromatic carbocycles. The first-order valence-electron chi connectivity index (χ1n) is 4.88. The van der Waals surface area contributed by atoms with Crippen molar-refractivity contribution in [3.8, 4) is 0 Å². The molecule has 0 spiro atoms. The first-order valence-corrected chi connectivity index (χ1v) is 4.88. The molecule has 1 aliphatic heterocycles. The summed E-state index contributed by atoms with van der Waals surface area (Å²) in [6.07, 6.45) is 2.13. The predicted molar refractivity (Wildman–Crippen MR) is 48.7 cm³/mol. The second-order valence-corrected chi connectivity index (χ2v) is 3.64. The van der Waals surface area contributed by atoms with E-state index in [-0.39, 0.29) is 0 Å². The predicted octanol–water partition coefficient (Wildman–Crippen LogP) is 1.39. The fraction of sp³-hybridized carbons (Fsp3) is 0.800. The van der Waals surface area contributed by atoms with Crippen molar-refractivity contribution in [1.29, 1.82) is 0 Å². The van der Waals surface area contributed by atoms with E-state index in [2.05, 4.69) is 25.2 Å². The summed E-state index contributed by atoms with van der Waals surface area (Å²) in [7, 11) is 0. The lowest BCUT2D eigenvalue weighted by molar-refractivity contribution is 0.204. The molecule has 3 atom stereocenters. The van der Waals surface area contributed by atoms with Crippen molar-refractivity contribution in [2.45, 2.75) is 13.8 Å². The number of ether oxygens (including phenoxy) is 1. The largest absolute Gasteiger partial charge is 0.498 e. The van der Waals surface area contributed by atoms with E-state index in [1.807, 2.05) is 0 Å². The number of nitrogens with one attached hydrogen (secondary N) is 1. The molecule has 68 valence electrons. The average Bonchev–Trinajstić information content (AvgIpc) is 2.59. The standard InChI is InChI=1S/C10H17NO/c1-3-9(12-4-2)10-7-5-11-6-8(7)10/h3,7-8,10-11H,4-6H2,1-2H3/t7-,8?,10?/m1/s1. The molecule has 0 aromatic rings. The molecule has 2 unspecified atom stereocenters. The number of hydrogen-bond donors (Lipinski definition) is 1. The molecule has 2 nitrogen and oxygen atoms in total. The molecule has 0 aromatic heterocycles. The number of rotatable bonds is 3. The summed E-state index contributed by atoms with van der Waals surface area (Å²) in [5.74, 6) is 3.73. The number of piperidine rings is 1. The van der Waals surface area contributed by atoms with Crippen LogP contribution in [0.15, 0.2) is 11.8 Å². The minimum absolute atomic E-state index is 0.746. The fourth-order valence-electron chi connectivity index (χ4n) is 2.38. The van der Waals surface area contributed by atoms with Crippen LogP contribution in [0.1, 0.15) is 13.8 Å². The maximum absolute atomic E-state index is 5.58. The van der Waals surface area contributed by atoms with Crippen LogP contribution >= 0.6 is 0 Å². The highest BCUT2D eigenvalue weighted by molar-refractivity contribution is 5.17. The van der Waals surface area contributed by atoms with E-state index >= 15 is 0 Å². The van der Waals surface area contributed by atoms with Gasteiger partial charge in [0.2, 0.25) is 0 Å². The molecule has 0 amide bonds. The second kappa shape index (κ2) is 3.09. The van der Waals surface area contributed by atoms with Gasteiger partial charge in [0.15, 0.2) is 0 Å². The Balaban J connectivity index is 1.93. The number of hydrogen-bond acceptors (Lipinski definition) is 2. The van der Waals surface area contributed by atoms with Gasteiger partial charge < -0.3 is 10.1 Å². The fourth-order valence-corrected chi connectivity index (χ4v) is 2.38. The average molecular weight is 167 g/mol. The molecule has 1 saturated heterocycles. The normalized spacial score (nSPS) is 39.5. The zero-order valence-electron chi connectivity index (χ0n) is 7.84. The molecular weight excluding hydrogens is 150 g/mol. The van der Waals surface area contributed by atoms with Gasteiger partial charge in [0.05, 0.1) is 12.4 Å². The number of allylic oxidation sites excluding steroid dienone is 2. The Bertz CT molecular complexity index is 190. The first kappa shape index (κ1) is 8.11. The van der Waals surface area contributed by atoms with E-state index in [1.165, 1.54) is 18.8 Å². The van der Waals surface area contributed by atoms with Crippen LogP contribution in [0, 0.1) is 17.8 Å². The summed E-state index contributed by atoms with van der Waals surface area (Å²) in [6, 6.07) is 0. The van der Waals surface area contributed by atoms with Gasteiger partial charge in [0.1, 0.15) is 0 Å². The van der Waals surface area contributed by atoms with E-state index in [0.717, 1.165) is 24.4 Å². The maximum Gasteiger partial charge on any atom is 0.0954 e. The Hall–Kier alpha value is -0.500. The van der Waals surface area contributed by atoms with Gasteiger partial charge in [-0.3, -0.25) is 0 Å². The SMILES string of the molecule is CC=C(OCC)C1C2CNC[C@H]21. The molecule has 12 heavy (non-hydrogen) atoms. The van der Waals surface area contributed by atoms with Crippen molar-refractivity contribution in [2.24, 2.45) is 17.8 Å². The van der Waals surface area contributed by atoms with Crippen LogP contribution in [-0.2, 0) is 4.74 Å². The van der Waals surface area contributed by atoms with Crippen molar-refractivity contribution >= 4 is 0 Å². The lowest BCUT2D eigenvalue weighted by Gasteiger charge is -2.09. The summed E-state index contributed by atoms with van der Waals surface area (Å²) in [6.45, 7) is 7.33. The Morgan fingerprint density at radius 3 is 2.67 bits per heavy atom. The van der Waals surface area contributed by atoms with Gasteiger partial charge in [0, 0.05) is 5.92 Å². The third-order valence-corrected chi connectivity index (χ3v) is 3.02. The van der Waals surface area contributed by atoms with Gasteiger partial charge in [-0.15, -0.1) is 0 Å².